The van der Waals surface area contributed by atoms with Gasteiger partial charge in [0.1, 0.15) is 10.8 Å². The Labute approximate surface area is 162 Å². The standard InChI is InChI=1S/C20H22N4O2S/c1-20(2,3)14-7-9-15(10-8-14)21-18(25)22-19-24-23-17(27-19)13-5-11-16(26-4)12-6-13/h5-12H,1-4H3,(H2,21,22,24,25). The quantitative estimate of drug-likeness (QED) is 0.654. The minimum absolute atomic E-state index is 0.0746. The molecule has 0 spiro atoms. The van der Waals surface area contributed by atoms with Gasteiger partial charge in [0.05, 0.1) is 7.11 Å². The van der Waals surface area contributed by atoms with Crippen molar-refractivity contribution in [2.75, 3.05) is 17.7 Å². The van der Waals surface area contributed by atoms with Crippen LogP contribution < -0.4 is 15.4 Å². The lowest BCUT2D eigenvalue weighted by Gasteiger charge is -2.19. The molecule has 0 fully saturated rings. The maximum absolute atomic E-state index is 12.2. The normalized spacial score (nSPS) is 11.1. The van der Waals surface area contributed by atoms with Crippen molar-refractivity contribution < 1.29 is 9.53 Å². The number of aromatic nitrogens is 2. The fourth-order valence-electron chi connectivity index (χ4n) is 2.44. The minimum Gasteiger partial charge on any atom is -0.497 e. The van der Waals surface area contributed by atoms with Gasteiger partial charge < -0.3 is 10.1 Å². The highest BCUT2D eigenvalue weighted by Gasteiger charge is 2.14. The number of hydrogen-bond acceptors (Lipinski definition) is 5. The molecule has 3 rings (SSSR count). The monoisotopic (exact) mass is 382 g/mol. The van der Waals surface area contributed by atoms with E-state index in [9.17, 15) is 4.79 Å². The largest absolute Gasteiger partial charge is 0.497 e. The van der Waals surface area contributed by atoms with E-state index in [-0.39, 0.29) is 11.4 Å². The molecule has 140 valence electrons. The summed E-state index contributed by atoms with van der Waals surface area (Å²) in [5, 5.41) is 14.8. The number of urea groups is 1. The van der Waals surface area contributed by atoms with E-state index in [1.807, 2.05) is 48.5 Å². The average Bonchev–Trinajstić information content (AvgIpc) is 3.09. The van der Waals surface area contributed by atoms with E-state index >= 15 is 0 Å². The van der Waals surface area contributed by atoms with E-state index in [1.165, 1.54) is 16.9 Å². The second-order valence-electron chi connectivity index (χ2n) is 7.05. The Morgan fingerprint density at radius 2 is 1.63 bits per heavy atom. The Bertz CT molecular complexity index is 912. The molecule has 0 saturated carbocycles. The van der Waals surface area contributed by atoms with Crippen molar-refractivity contribution in [3.63, 3.8) is 0 Å². The Balaban J connectivity index is 1.62. The Hall–Kier alpha value is -2.93. The van der Waals surface area contributed by atoms with Gasteiger partial charge >= 0.3 is 6.03 Å². The number of nitrogens with one attached hydrogen (secondary N) is 2. The fraction of sp³-hybridized carbons (Fsp3) is 0.250. The summed E-state index contributed by atoms with van der Waals surface area (Å²) < 4.78 is 5.15. The zero-order chi connectivity index (χ0) is 19.4. The number of anilines is 2. The van der Waals surface area contributed by atoms with Gasteiger partial charge in [-0.15, -0.1) is 10.2 Å². The number of carbonyl (C=O) groups is 1. The highest BCUT2D eigenvalue weighted by atomic mass is 32.1. The molecule has 0 saturated heterocycles. The number of ether oxygens (including phenoxy) is 1. The second kappa shape index (κ2) is 7.75. The molecule has 0 aliphatic rings. The molecule has 0 bridgehead atoms. The van der Waals surface area contributed by atoms with Gasteiger partial charge in [-0.1, -0.05) is 44.2 Å². The Morgan fingerprint density at radius 3 is 2.22 bits per heavy atom. The molecule has 27 heavy (non-hydrogen) atoms. The first kappa shape index (κ1) is 18.8. The molecule has 0 radical (unpaired) electrons. The summed E-state index contributed by atoms with van der Waals surface area (Å²) >= 11 is 1.31. The number of amides is 2. The van der Waals surface area contributed by atoms with Crippen LogP contribution in [-0.2, 0) is 5.41 Å². The predicted molar refractivity (Wildman–Crippen MR) is 110 cm³/mol. The highest BCUT2D eigenvalue weighted by Crippen LogP contribution is 2.28. The molecule has 2 amide bonds. The van der Waals surface area contributed by atoms with Gasteiger partial charge in [-0.05, 0) is 47.4 Å². The number of rotatable bonds is 4. The van der Waals surface area contributed by atoms with Crippen LogP contribution in [0.25, 0.3) is 10.6 Å². The van der Waals surface area contributed by atoms with E-state index in [0.29, 0.717) is 5.13 Å². The topological polar surface area (TPSA) is 76.1 Å². The molecule has 0 aliphatic carbocycles. The van der Waals surface area contributed by atoms with Crippen LogP contribution >= 0.6 is 11.3 Å². The summed E-state index contributed by atoms with van der Waals surface area (Å²) in [6, 6.07) is 15.0. The summed E-state index contributed by atoms with van der Waals surface area (Å²) in [4.78, 5) is 12.2. The van der Waals surface area contributed by atoms with Crippen LogP contribution in [0.3, 0.4) is 0 Å². The summed E-state index contributed by atoms with van der Waals surface area (Å²) in [6.07, 6.45) is 0. The fourth-order valence-corrected chi connectivity index (χ4v) is 3.18. The van der Waals surface area contributed by atoms with Crippen LogP contribution in [0, 0.1) is 0 Å². The zero-order valence-corrected chi connectivity index (χ0v) is 16.6. The molecule has 0 atom stereocenters. The van der Waals surface area contributed by atoms with E-state index in [4.69, 9.17) is 4.74 Å². The lowest BCUT2D eigenvalue weighted by Crippen LogP contribution is -2.19. The van der Waals surface area contributed by atoms with E-state index in [1.54, 1.807) is 7.11 Å². The second-order valence-corrected chi connectivity index (χ2v) is 8.02. The third kappa shape index (κ3) is 4.83. The number of hydrogen-bond donors (Lipinski definition) is 2. The first-order valence-electron chi connectivity index (χ1n) is 8.51. The zero-order valence-electron chi connectivity index (χ0n) is 15.7. The van der Waals surface area contributed by atoms with Crippen LogP contribution in [0.2, 0.25) is 0 Å². The molecule has 7 heteroatoms. The van der Waals surface area contributed by atoms with Gasteiger partial charge in [0.15, 0.2) is 0 Å². The van der Waals surface area contributed by atoms with Crippen molar-refractivity contribution >= 4 is 28.2 Å². The van der Waals surface area contributed by atoms with Crippen LogP contribution in [0.4, 0.5) is 15.6 Å². The smallest absolute Gasteiger partial charge is 0.325 e. The number of methoxy groups -OCH3 is 1. The number of carbonyl (C=O) groups excluding carboxylic acids is 1. The maximum Gasteiger partial charge on any atom is 0.325 e. The maximum atomic E-state index is 12.2. The van der Waals surface area contributed by atoms with Crippen molar-refractivity contribution in [2.24, 2.45) is 0 Å². The molecule has 1 aromatic heterocycles. The lowest BCUT2D eigenvalue weighted by atomic mass is 9.87. The Morgan fingerprint density at radius 1 is 0.963 bits per heavy atom. The van der Waals surface area contributed by atoms with Crippen molar-refractivity contribution in [3.05, 3.63) is 54.1 Å². The van der Waals surface area contributed by atoms with Gasteiger partial charge in [-0.3, -0.25) is 5.32 Å². The van der Waals surface area contributed by atoms with Gasteiger partial charge in [-0.2, -0.15) is 0 Å². The Kier molecular flexibility index (Phi) is 5.41. The van der Waals surface area contributed by atoms with E-state index < -0.39 is 0 Å². The van der Waals surface area contributed by atoms with E-state index in [2.05, 4.69) is 41.6 Å². The van der Waals surface area contributed by atoms with Crippen molar-refractivity contribution in [1.82, 2.24) is 10.2 Å². The molecule has 0 aliphatic heterocycles. The number of benzene rings is 2. The SMILES string of the molecule is COc1ccc(-c2nnc(NC(=O)Nc3ccc(C(C)(C)C)cc3)s2)cc1. The van der Waals surface area contributed by atoms with Gasteiger partial charge in [0.2, 0.25) is 5.13 Å². The van der Waals surface area contributed by atoms with Crippen LogP contribution in [0.5, 0.6) is 5.75 Å². The highest BCUT2D eigenvalue weighted by molar-refractivity contribution is 7.18. The van der Waals surface area contributed by atoms with Crippen LogP contribution in [0.15, 0.2) is 48.5 Å². The first-order valence-corrected chi connectivity index (χ1v) is 9.33. The lowest BCUT2D eigenvalue weighted by molar-refractivity contribution is 0.262. The first-order chi connectivity index (χ1) is 12.8. The third-order valence-electron chi connectivity index (χ3n) is 3.99. The molecule has 2 aromatic carbocycles. The van der Waals surface area contributed by atoms with E-state index in [0.717, 1.165) is 22.0 Å². The minimum atomic E-state index is -0.351. The number of nitrogens with zero attached hydrogens (tertiary/aromatic N) is 2. The summed E-state index contributed by atoms with van der Waals surface area (Å²) in [5.74, 6) is 0.776. The van der Waals surface area contributed by atoms with Crippen LogP contribution in [-0.4, -0.2) is 23.3 Å². The summed E-state index contributed by atoms with van der Waals surface area (Å²) in [5.41, 5.74) is 2.92. The molecule has 6 nitrogen and oxygen atoms in total. The van der Waals surface area contributed by atoms with Crippen molar-refractivity contribution in [1.29, 1.82) is 0 Å². The van der Waals surface area contributed by atoms with Gasteiger partial charge in [0.25, 0.3) is 0 Å². The predicted octanol–water partition coefficient (Wildman–Crippen LogP) is 5.16. The van der Waals surface area contributed by atoms with Gasteiger partial charge in [-0.25, -0.2) is 4.79 Å². The molecule has 1 heterocycles. The summed E-state index contributed by atoms with van der Waals surface area (Å²) in [7, 11) is 1.62. The molecule has 0 unspecified atom stereocenters. The van der Waals surface area contributed by atoms with Crippen molar-refractivity contribution in [2.45, 2.75) is 26.2 Å². The van der Waals surface area contributed by atoms with Gasteiger partial charge in [0, 0.05) is 11.3 Å². The van der Waals surface area contributed by atoms with Crippen LogP contribution in [0.1, 0.15) is 26.3 Å². The molecular formula is C20H22N4O2S. The average molecular weight is 382 g/mol. The molecule has 3 aromatic rings. The third-order valence-corrected chi connectivity index (χ3v) is 4.88. The molecule has 2 N–H and O–H groups in total. The summed E-state index contributed by atoms with van der Waals surface area (Å²) in [6.45, 7) is 6.45. The van der Waals surface area contributed by atoms with Crippen molar-refractivity contribution in [3.8, 4) is 16.3 Å². The molecular weight excluding hydrogens is 360 g/mol.